The first kappa shape index (κ1) is 17.8. The zero-order valence-electron chi connectivity index (χ0n) is 13.8. The van der Waals surface area contributed by atoms with Crippen molar-refractivity contribution < 1.29 is 4.79 Å². The van der Waals surface area contributed by atoms with Crippen LogP contribution in [-0.4, -0.2) is 23.4 Å². The molecule has 0 spiro atoms. The van der Waals surface area contributed by atoms with Gasteiger partial charge < -0.3 is 10.2 Å². The van der Waals surface area contributed by atoms with Crippen LogP contribution < -0.4 is 5.32 Å². The number of nitriles is 1. The molecule has 22 heavy (non-hydrogen) atoms. The summed E-state index contributed by atoms with van der Waals surface area (Å²) in [6.45, 7) is 9.36. The van der Waals surface area contributed by atoms with Gasteiger partial charge in [0.25, 0.3) is 5.91 Å². The van der Waals surface area contributed by atoms with E-state index < -0.39 is 0 Å². The van der Waals surface area contributed by atoms with E-state index in [0.717, 1.165) is 5.56 Å². The van der Waals surface area contributed by atoms with Crippen LogP contribution in [0.3, 0.4) is 0 Å². The smallest absolute Gasteiger partial charge is 0.263 e. The Hall–Kier alpha value is -2.28. The number of nitrogens with zero attached hydrogens (tertiary/aromatic N) is 2. The molecule has 0 aliphatic carbocycles. The Labute approximate surface area is 133 Å². The predicted molar refractivity (Wildman–Crippen MR) is 88.7 cm³/mol. The van der Waals surface area contributed by atoms with Crippen molar-refractivity contribution in [3.05, 3.63) is 47.7 Å². The molecule has 0 unspecified atom stereocenters. The van der Waals surface area contributed by atoms with Crippen molar-refractivity contribution in [2.24, 2.45) is 5.92 Å². The van der Waals surface area contributed by atoms with Crippen LogP contribution in [0.4, 0.5) is 0 Å². The lowest BCUT2D eigenvalue weighted by molar-refractivity contribution is -0.117. The first-order valence-electron chi connectivity index (χ1n) is 7.63. The van der Waals surface area contributed by atoms with Gasteiger partial charge in [-0.2, -0.15) is 5.26 Å². The van der Waals surface area contributed by atoms with Gasteiger partial charge in [-0.25, -0.2) is 0 Å². The molecule has 1 rings (SSSR count). The summed E-state index contributed by atoms with van der Waals surface area (Å²) in [6.07, 6.45) is 1.66. The summed E-state index contributed by atoms with van der Waals surface area (Å²) >= 11 is 0. The molecule has 0 aliphatic rings. The third kappa shape index (κ3) is 6.01. The number of hydrogen-bond acceptors (Lipinski definition) is 3. The minimum atomic E-state index is -0.310. The van der Waals surface area contributed by atoms with Gasteiger partial charge in [-0.15, -0.1) is 0 Å². The molecule has 0 atom stereocenters. The van der Waals surface area contributed by atoms with Gasteiger partial charge in [0, 0.05) is 25.3 Å². The Morgan fingerprint density at radius 3 is 2.41 bits per heavy atom. The second-order valence-corrected chi connectivity index (χ2v) is 6.01. The van der Waals surface area contributed by atoms with Crippen LogP contribution >= 0.6 is 0 Å². The minimum Gasteiger partial charge on any atom is -0.369 e. The molecule has 0 aromatic heterocycles. The predicted octanol–water partition coefficient (Wildman–Crippen LogP) is 3.08. The first-order chi connectivity index (χ1) is 10.4. The summed E-state index contributed by atoms with van der Waals surface area (Å²) in [7, 11) is 0. The van der Waals surface area contributed by atoms with Gasteiger partial charge in [0.15, 0.2) is 0 Å². The van der Waals surface area contributed by atoms with Gasteiger partial charge in [-0.3, -0.25) is 4.79 Å². The van der Waals surface area contributed by atoms with E-state index in [0.29, 0.717) is 19.0 Å². The van der Waals surface area contributed by atoms with E-state index in [1.807, 2.05) is 69.0 Å². The second kappa shape index (κ2) is 8.89. The number of carbonyl (C=O) groups excluding carboxylic acids is 1. The van der Waals surface area contributed by atoms with Gasteiger partial charge in [-0.05, 0) is 25.3 Å². The number of amides is 1. The van der Waals surface area contributed by atoms with E-state index in [-0.39, 0.29) is 17.5 Å². The third-order valence-electron chi connectivity index (χ3n) is 3.20. The molecular weight excluding hydrogens is 274 g/mol. The third-order valence-corrected chi connectivity index (χ3v) is 3.20. The lowest BCUT2D eigenvalue weighted by Crippen LogP contribution is -2.31. The van der Waals surface area contributed by atoms with Crippen molar-refractivity contribution >= 4 is 5.91 Å². The molecule has 118 valence electrons. The average Bonchev–Trinajstić information content (AvgIpc) is 2.49. The van der Waals surface area contributed by atoms with E-state index in [9.17, 15) is 10.1 Å². The second-order valence-electron chi connectivity index (χ2n) is 6.01. The van der Waals surface area contributed by atoms with Crippen LogP contribution in [0.1, 0.15) is 33.3 Å². The zero-order chi connectivity index (χ0) is 16.5. The molecular formula is C18H25N3O. The molecule has 0 fully saturated rings. The van der Waals surface area contributed by atoms with Gasteiger partial charge >= 0.3 is 0 Å². The summed E-state index contributed by atoms with van der Waals surface area (Å²) in [5, 5.41) is 12.0. The van der Waals surface area contributed by atoms with E-state index in [2.05, 4.69) is 5.32 Å². The van der Waals surface area contributed by atoms with Crippen molar-refractivity contribution in [3.8, 4) is 6.07 Å². The standard InChI is InChI=1S/C18H25N3O/c1-14(2)11-20-18(22)17(10-19)13-21(15(3)4)12-16-8-6-5-7-9-16/h5-9,13-15H,11-12H2,1-4H3,(H,20,22)/b17-13-. The highest BCUT2D eigenvalue weighted by molar-refractivity contribution is 5.97. The molecule has 1 aromatic rings. The summed E-state index contributed by atoms with van der Waals surface area (Å²) in [6, 6.07) is 12.2. The molecule has 1 N–H and O–H groups in total. The molecule has 1 amide bonds. The topological polar surface area (TPSA) is 56.1 Å². The van der Waals surface area contributed by atoms with E-state index in [1.54, 1.807) is 6.20 Å². The highest BCUT2D eigenvalue weighted by Gasteiger charge is 2.13. The lowest BCUT2D eigenvalue weighted by atomic mass is 10.1. The van der Waals surface area contributed by atoms with Crippen molar-refractivity contribution in [1.29, 1.82) is 5.26 Å². The number of hydrogen-bond donors (Lipinski definition) is 1. The molecule has 4 heteroatoms. The maximum atomic E-state index is 12.1. The largest absolute Gasteiger partial charge is 0.369 e. The fourth-order valence-electron chi connectivity index (χ4n) is 1.87. The first-order valence-corrected chi connectivity index (χ1v) is 7.63. The number of carbonyl (C=O) groups is 1. The van der Waals surface area contributed by atoms with Crippen molar-refractivity contribution in [2.75, 3.05) is 6.54 Å². The molecule has 0 aliphatic heterocycles. The Kier molecular flexibility index (Phi) is 7.18. The highest BCUT2D eigenvalue weighted by atomic mass is 16.1. The quantitative estimate of drug-likeness (QED) is 0.622. The van der Waals surface area contributed by atoms with Crippen molar-refractivity contribution in [1.82, 2.24) is 10.2 Å². The summed E-state index contributed by atoms with van der Waals surface area (Å²) in [5.41, 5.74) is 1.29. The van der Waals surface area contributed by atoms with Crippen LogP contribution in [0, 0.1) is 17.2 Å². The molecule has 0 bridgehead atoms. The molecule has 1 aromatic carbocycles. The molecule has 0 saturated carbocycles. The maximum absolute atomic E-state index is 12.1. The van der Waals surface area contributed by atoms with Crippen molar-refractivity contribution in [2.45, 2.75) is 40.3 Å². The number of benzene rings is 1. The Balaban J connectivity index is 2.85. The van der Waals surface area contributed by atoms with Crippen LogP contribution in [0.25, 0.3) is 0 Å². The summed E-state index contributed by atoms with van der Waals surface area (Å²) < 4.78 is 0. The number of rotatable bonds is 7. The van der Waals surface area contributed by atoms with Crippen LogP contribution in [-0.2, 0) is 11.3 Å². The Morgan fingerprint density at radius 2 is 1.91 bits per heavy atom. The Bertz CT molecular complexity index is 541. The zero-order valence-corrected chi connectivity index (χ0v) is 13.8. The average molecular weight is 299 g/mol. The van der Waals surface area contributed by atoms with Gasteiger partial charge in [-0.1, -0.05) is 44.2 Å². The Morgan fingerprint density at radius 1 is 1.27 bits per heavy atom. The summed E-state index contributed by atoms with van der Waals surface area (Å²) in [5.74, 6) is 0.0457. The van der Waals surface area contributed by atoms with E-state index in [4.69, 9.17) is 0 Å². The van der Waals surface area contributed by atoms with Crippen LogP contribution in [0.5, 0.6) is 0 Å². The fourth-order valence-corrected chi connectivity index (χ4v) is 1.87. The SMILES string of the molecule is CC(C)CNC(=O)/C(C#N)=C\N(Cc1ccccc1)C(C)C. The normalized spacial score (nSPS) is 11.4. The maximum Gasteiger partial charge on any atom is 0.263 e. The van der Waals surface area contributed by atoms with E-state index >= 15 is 0 Å². The lowest BCUT2D eigenvalue weighted by Gasteiger charge is -2.25. The number of nitrogens with one attached hydrogen (secondary N) is 1. The van der Waals surface area contributed by atoms with Crippen LogP contribution in [0.15, 0.2) is 42.1 Å². The van der Waals surface area contributed by atoms with E-state index in [1.165, 1.54) is 0 Å². The highest BCUT2D eigenvalue weighted by Crippen LogP contribution is 2.10. The summed E-state index contributed by atoms with van der Waals surface area (Å²) in [4.78, 5) is 14.1. The molecule has 0 saturated heterocycles. The molecule has 0 radical (unpaired) electrons. The fraction of sp³-hybridized carbons (Fsp3) is 0.444. The van der Waals surface area contributed by atoms with Crippen LogP contribution in [0.2, 0.25) is 0 Å². The molecule has 0 heterocycles. The minimum absolute atomic E-state index is 0.144. The van der Waals surface area contributed by atoms with Gasteiger partial charge in [0.2, 0.25) is 0 Å². The molecule has 4 nitrogen and oxygen atoms in total. The monoisotopic (exact) mass is 299 g/mol. The van der Waals surface area contributed by atoms with Gasteiger partial charge in [0.05, 0.1) is 0 Å². The van der Waals surface area contributed by atoms with Crippen molar-refractivity contribution in [3.63, 3.8) is 0 Å². The van der Waals surface area contributed by atoms with Gasteiger partial charge in [0.1, 0.15) is 11.6 Å².